The molecule has 0 aromatic rings. The molecule has 0 radical (unpaired) electrons. The lowest BCUT2D eigenvalue weighted by atomic mass is 10.1. The lowest BCUT2D eigenvalue weighted by molar-refractivity contribution is -0.431. The van der Waals surface area contributed by atoms with E-state index < -0.39 is 51.8 Å². The van der Waals surface area contributed by atoms with E-state index in [4.69, 9.17) is 20.4 Å². The minimum atomic E-state index is -4.14. The van der Waals surface area contributed by atoms with E-state index in [2.05, 4.69) is 23.9 Å². The van der Waals surface area contributed by atoms with Crippen molar-refractivity contribution in [3.05, 3.63) is 0 Å². The molecule has 2 atom stereocenters. The number of aliphatic hydroxyl groups is 4. The van der Waals surface area contributed by atoms with Crippen molar-refractivity contribution >= 4 is 0 Å². The highest BCUT2D eigenvalue weighted by Crippen LogP contribution is 2.16. The Morgan fingerprint density at radius 2 is 1.63 bits per heavy atom. The molecule has 0 fully saturated rings. The Morgan fingerprint density at radius 3 is 1.93 bits per heavy atom. The normalized spacial score (nSPS) is 14.3. The number of hydrogen-bond donors (Lipinski definition) is 4. The van der Waals surface area contributed by atoms with Gasteiger partial charge in [0, 0.05) is 7.11 Å². The van der Waals surface area contributed by atoms with Crippen molar-refractivity contribution in [1.29, 1.82) is 0 Å². The minimum absolute atomic E-state index is 0.146. The third kappa shape index (κ3) is 23.2. The topological polar surface area (TPSA) is 127 Å². The standard InChI is InChI=1S/C5H11FO3.C4H9FO3.C3H4F4O3/c1-9-4-5(8,2-6)3-7;5-3-8-2-4(7)1-6;4-1-8-3(5,6)9-2-10-7/h7-8H,2-4H2,1H3;4,6-7H,1-3H2;1-2H2. The first-order valence-electron chi connectivity index (χ1n) is 6.87. The van der Waals surface area contributed by atoms with Crippen molar-refractivity contribution in [1.82, 2.24) is 0 Å². The molecule has 27 heavy (non-hydrogen) atoms. The molecule has 0 heterocycles. The maximum absolute atomic E-state index is 11.7. The highest BCUT2D eigenvalue weighted by atomic mass is 19.3. The van der Waals surface area contributed by atoms with Crippen LogP contribution in [0.2, 0.25) is 0 Å². The second kappa shape index (κ2) is 20.0. The molecule has 15 heteroatoms. The third-order valence-electron chi connectivity index (χ3n) is 2.05. The average molecular weight is 426 g/mol. The molecule has 0 aromatic heterocycles. The number of hydrogen-bond acceptors (Lipinski definition) is 9. The molecule has 9 nitrogen and oxygen atoms in total. The van der Waals surface area contributed by atoms with Gasteiger partial charge in [0.05, 0.1) is 26.4 Å². The van der Waals surface area contributed by atoms with E-state index in [9.17, 15) is 26.5 Å². The molecule has 0 saturated carbocycles. The van der Waals surface area contributed by atoms with Gasteiger partial charge in [-0.1, -0.05) is 0 Å². The minimum Gasteiger partial charge on any atom is -0.394 e. The Hall–Kier alpha value is -0.780. The van der Waals surface area contributed by atoms with Crippen LogP contribution in [0.5, 0.6) is 0 Å². The summed E-state index contributed by atoms with van der Waals surface area (Å²) in [7, 11) is 1.33. The first kappa shape index (κ1) is 30.9. The SMILES string of the molecule is COCC(O)(CO)CF.FCOC(F)(F)OCOF.OCC(O)COCF. The van der Waals surface area contributed by atoms with Crippen LogP contribution in [-0.4, -0.2) is 99.2 Å². The van der Waals surface area contributed by atoms with E-state index in [-0.39, 0.29) is 19.8 Å². The summed E-state index contributed by atoms with van der Waals surface area (Å²) in [5.41, 5.74) is -1.70. The Bertz CT molecular complexity index is 301. The van der Waals surface area contributed by atoms with Crippen LogP contribution in [0, 0.1) is 0 Å². The van der Waals surface area contributed by atoms with Gasteiger partial charge in [-0.2, -0.15) is 4.94 Å². The van der Waals surface area contributed by atoms with E-state index in [1.54, 1.807) is 0 Å². The van der Waals surface area contributed by atoms with Crippen LogP contribution >= 0.6 is 0 Å². The predicted octanol–water partition coefficient (Wildman–Crippen LogP) is -0.0356. The van der Waals surface area contributed by atoms with Gasteiger partial charge in [0.2, 0.25) is 0 Å². The van der Waals surface area contributed by atoms with E-state index in [1.807, 2.05) is 0 Å². The van der Waals surface area contributed by atoms with Gasteiger partial charge >= 0.3 is 6.29 Å². The van der Waals surface area contributed by atoms with Crippen LogP contribution < -0.4 is 0 Å². The maximum Gasteiger partial charge on any atom is 0.489 e. The highest BCUT2D eigenvalue weighted by Gasteiger charge is 2.32. The largest absolute Gasteiger partial charge is 0.489 e. The summed E-state index contributed by atoms with van der Waals surface area (Å²) in [5, 5.41) is 33.8. The lowest BCUT2D eigenvalue weighted by Crippen LogP contribution is -2.40. The van der Waals surface area contributed by atoms with Crippen LogP contribution in [0.25, 0.3) is 0 Å². The summed E-state index contributed by atoms with van der Waals surface area (Å²) in [5.74, 6) is 0. The Morgan fingerprint density at radius 1 is 1.04 bits per heavy atom. The summed E-state index contributed by atoms with van der Waals surface area (Å²) in [6.45, 7) is -6.27. The van der Waals surface area contributed by atoms with Crippen molar-refractivity contribution < 1.29 is 70.8 Å². The molecular formula is C12H24F6O9. The number of alkyl halides is 5. The molecule has 0 saturated heterocycles. The van der Waals surface area contributed by atoms with Gasteiger partial charge in [-0.05, 0) is 4.53 Å². The summed E-state index contributed by atoms with van der Waals surface area (Å²) < 4.78 is 82.7. The van der Waals surface area contributed by atoms with Crippen LogP contribution in [0.1, 0.15) is 0 Å². The van der Waals surface area contributed by atoms with Gasteiger partial charge in [-0.3, -0.25) is 9.47 Å². The van der Waals surface area contributed by atoms with Gasteiger partial charge in [-0.15, -0.1) is 8.78 Å². The summed E-state index contributed by atoms with van der Waals surface area (Å²) in [6, 6.07) is 0. The second-order valence-corrected chi connectivity index (χ2v) is 4.35. The van der Waals surface area contributed by atoms with Gasteiger partial charge in [-0.25, -0.2) is 13.2 Å². The molecule has 4 N–H and O–H groups in total. The fourth-order valence-corrected chi connectivity index (χ4v) is 0.824. The molecule has 0 spiro atoms. The molecule has 0 aliphatic carbocycles. The summed E-state index contributed by atoms with van der Waals surface area (Å²) in [4.78, 5) is 2.62. The highest BCUT2D eigenvalue weighted by molar-refractivity contribution is 4.75. The van der Waals surface area contributed by atoms with Crippen molar-refractivity contribution in [2.75, 3.05) is 60.7 Å². The zero-order valence-electron chi connectivity index (χ0n) is 14.3. The smallest absolute Gasteiger partial charge is 0.394 e. The molecule has 168 valence electrons. The van der Waals surface area contributed by atoms with Crippen LogP contribution in [0.15, 0.2) is 0 Å². The van der Waals surface area contributed by atoms with E-state index >= 15 is 0 Å². The van der Waals surface area contributed by atoms with Gasteiger partial charge in [0.1, 0.15) is 18.4 Å². The molecule has 0 bridgehead atoms. The maximum atomic E-state index is 11.7. The van der Waals surface area contributed by atoms with Crippen molar-refractivity contribution in [2.24, 2.45) is 0 Å². The van der Waals surface area contributed by atoms with Crippen LogP contribution in [0.4, 0.5) is 26.5 Å². The van der Waals surface area contributed by atoms with Gasteiger partial charge in [0.15, 0.2) is 20.5 Å². The summed E-state index contributed by atoms with van der Waals surface area (Å²) in [6.07, 6.45) is -5.09. The number of ether oxygens (including phenoxy) is 4. The number of rotatable bonds is 13. The Kier molecular flexibility index (Phi) is 22.9. The van der Waals surface area contributed by atoms with Crippen molar-refractivity contribution in [3.63, 3.8) is 0 Å². The second-order valence-electron chi connectivity index (χ2n) is 4.35. The first-order chi connectivity index (χ1) is 12.6. The fraction of sp³-hybridized carbons (Fsp3) is 1.00. The molecular weight excluding hydrogens is 402 g/mol. The Balaban J connectivity index is -0.000000322. The lowest BCUT2D eigenvalue weighted by Gasteiger charge is -2.19. The van der Waals surface area contributed by atoms with Gasteiger partial charge < -0.3 is 29.9 Å². The number of methoxy groups -OCH3 is 1. The van der Waals surface area contributed by atoms with Gasteiger partial charge in [0.25, 0.3) is 0 Å². The zero-order chi connectivity index (χ0) is 21.8. The quantitative estimate of drug-likeness (QED) is 0.237. The number of halogens is 6. The molecule has 0 amide bonds. The molecule has 0 aliphatic rings. The zero-order valence-corrected chi connectivity index (χ0v) is 14.3. The van der Waals surface area contributed by atoms with Crippen molar-refractivity contribution in [3.8, 4) is 0 Å². The molecule has 0 rings (SSSR count). The van der Waals surface area contributed by atoms with E-state index in [1.165, 1.54) is 7.11 Å². The summed E-state index contributed by atoms with van der Waals surface area (Å²) >= 11 is 0. The van der Waals surface area contributed by atoms with E-state index in [0.717, 1.165) is 0 Å². The molecule has 2 unspecified atom stereocenters. The number of aliphatic hydroxyl groups excluding tert-OH is 3. The van der Waals surface area contributed by atoms with Crippen LogP contribution in [-0.2, 0) is 23.9 Å². The first-order valence-corrected chi connectivity index (χ1v) is 6.87. The molecule has 0 aliphatic heterocycles. The fourth-order valence-electron chi connectivity index (χ4n) is 0.824. The monoisotopic (exact) mass is 426 g/mol. The third-order valence-corrected chi connectivity index (χ3v) is 2.05. The molecule has 0 aromatic carbocycles. The predicted molar refractivity (Wildman–Crippen MR) is 75.1 cm³/mol. The van der Waals surface area contributed by atoms with E-state index in [0.29, 0.717) is 0 Å². The average Bonchev–Trinajstić information content (AvgIpc) is 2.65. The van der Waals surface area contributed by atoms with Crippen LogP contribution in [0.3, 0.4) is 0 Å². The Labute approximate surface area is 150 Å². The van der Waals surface area contributed by atoms with Crippen molar-refractivity contribution in [2.45, 2.75) is 18.0 Å².